The summed E-state index contributed by atoms with van der Waals surface area (Å²) >= 11 is 0. The first-order chi connectivity index (χ1) is 10.3. The van der Waals surface area contributed by atoms with Crippen molar-refractivity contribution in [1.82, 2.24) is 24.9 Å². The Bertz CT molecular complexity index is 786. The van der Waals surface area contributed by atoms with Crippen molar-refractivity contribution in [3.05, 3.63) is 60.1 Å². The third-order valence-electron chi connectivity index (χ3n) is 3.02. The zero-order chi connectivity index (χ0) is 14.7. The van der Waals surface area contributed by atoms with Crippen LogP contribution in [0.3, 0.4) is 0 Å². The quantitative estimate of drug-likeness (QED) is 0.732. The molecule has 1 amide bonds. The Balaban J connectivity index is 1.64. The van der Waals surface area contributed by atoms with Crippen molar-refractivity contribution in [3.63, 3.8) is 0 Å². The molecule has 1 N–H and O–H groups in total. The van der Waals surface area contributed by atoms with E-state index in [-0.39, 0.29) is 5.56 Å². The van der Waals surface area contributed by atoms with Crippen molar-refractivity contribution in [2.45, 2.75) is 6.42 Å². The molecule has 0 spiro atoms. The van der Waals surface area contributed by atoms with E-state index in [9.17, 15) is 9.18 Å². The standard InChI is InChI=1S/C14H12FN5O/c15-13-10(4-3-7-16-13)14(21)17-8-6-12-19-18-11-5-1-2-9-20(11)12/h1-5,7,9H,6,8H2,(H,17,21). The lowest BCUT2D eigenvalue weighted by molar-refractivity contribution is 0.0949. The largest absolute Gasteiger partial charge is 0.351 e. The van der Waals surface area contributed by atoms with Gasteiger partial charge in [0.15, 0.2) is 5.65 Å². The van der Waals surface area contributed by atoms with E-state index in [2.05, 4.69) is 20.5 Å². The number of nitrogens with zero attached hydrogens (tertiary/aromatic N) is 4. The highest BCUT2D eigenvalue weighted by atomic mass is 19.1. The number of pyridine rings is 2. The van der Waals surface area contributed by atoms with Gasteiger partial charge in [-0.2, -0.15) is 4.39 Å². The Morgan fingerprint density at radius 3 is 3.00 bits per heavy atom. The molecule has 0 aliphatic rings. The Labute approximate surface area is 119 Å². The second kappa shape index (κ2) is 5.66. The first kappa shape index (κ1) is 13.2. The number of nitrogens with one attached hydrogen (secondary N) is 1. The molecule has 0 radical (unpaired) electrons. The van der Waals surface area contributed by atoms with Crippen LogP contribution in [0, 0.1) is 5.95 Å². The molecule has 3 aromatic rings. The van der Waals surface area contributed by atoms with Crippen LogP contribution in [0.4, 0.5) is 4.39 Å². The first-order valence-corrected chi connectivity index (χ1v) is 6.43. The van der Waals surface area contributed by atoms with Crippen LogP contribution < -0.4 is 5.32 Å². The van der Waals surface area contributed by atoms with Crippen LogP contribution in [0.1, 0.15) is 16.2 Å². The fourth-order valence-corrected chi connectivity index (χ4v) is 2.00. The van der Waals surface area contributed by atoms with Gasteiger partial charge in [0.25, 0.3) is 5.91 Å². The minimum absolute atomic E-state index is 0.0661. The highest BCUT2D eigenvalue weighted by molar-refractivity contribution is 5.94. The van der Waals surface area contributed by atoms with Crippen LogP contribution in [0.25, 0.3) is 5.65 Å². The van der Waals surface area contributed by atoms with E-state index in [1.807, 2.05) is 28.8 Å². The Hall–Kier alpha value is -2.83. The summed E-state index contributed by atoms with van der Waals surface area (Å²) in [4.78, 5) is 15.3. The zero-order valence-electron chi connectivity index (χ0n) is 11.0. The van der Waals surface area contributed by atoms with Crippen LogP contribution in [0.2, 0.25) is 0 Å². The maximum atomic E-state index is 13.4. The molecule has 0 aliphatic heterocycles. The van der Waals surface area contributed by atoms with Gasteiger partial charge in [0.1, 0.15) is 5.82 Å². The first-order valence-electron chi connectivity index (χ1n) is 6.43. The lowest BCUT2D eigenvalue weighted by atomic mass is 10.2. The van der Waals surface area contributed by atoms with E-state index in [1.165, 1.54) is 18.3 Å². The van der Waals surface area contributed by atoms with Gasteiger partial charge in [-0.3, -0.25) is 9.20 Å². The van der Waals surface area contributed by atoms with Gasteiger partial charge in [0, 0.05) is 25.4 Å². The highest BCUT2D eigenvalue weighted by Gasteiger charge is 2.12. The predicted molar refractivity (Wildman–Crippen MR) is 73.2 cm³/mol. The molecule has 0 saturated heterocycles. The molecule has 21 heavy (non-hydrogen) atoms. The van der Waals surface area contributed by atoms with Crippen LogP contribution in [0.15, 0.2) is 42.7 Å². The predicted octanol–water partition coefficient (Wildman–Crippen LogP) is 1.24. The van der Waals surface area contributed by atoms with Crippen molar-refractivity contribution >= 4 is 11.6 Å². The van der Waals surface area contributed by atoms with Crippen LogP contribution >= 0.6 is 0 Å². The summed E-state index contributed by atoms with van der Waals surface area (Å²) in [5.41, 5.74) is 0.681. The number of aromatic nitrogens is 4. The summed E-state index contributed by atoms with van der Waals surface area (Å²) in [7, 11) is 0. The normalized spacial score (nSPS) is 10.7. The Morgan fingerprint density at radius 2 is 2.14 bits per heavy atom. The van der Waals surface area contributed by atoms with E-state index in [1.54, 1.807) is 0 Å². The van der Waals surface area contributed by atoms with E-state index in [0.29, 0.717) is 13.0 Å². The van der Waals surface area contributed by atoms with Crippen LogP contribution in [0.5, 0.6) is 0 Å². The Morgan fingerprint density at radius 1 is 1.24 bits per heavy atom. The summed E-state index contributed by atoms with van der Waals surface area (Å²) < 4.78 is 15.2. The second-order valence-corrected chi connectivity index (χ2v) is 4.39. The SMILES string of the molecule is O=C(NCCc1nnc2ccccn12)c1cccnc1F. The number of fused-ring (bicyclic) bond motifs is 1. The summed E-state index contributed by atoms with van der Waals surface area (Å²) in [5.74, 6) is -0.532. The number of amides is 1. The summed E-state index contributed by atoms with van der Waals surface area (Å²) in [6.07, 6.45) is 3.65. The number of rotatable bonds is 4. The number of carbonyl (C=O) groups excluding carboxylic acids is 1. The number of hydrogen-bond acceptors (Lipinski definition) is 4. The second-order valence-electron chi connectivity index (χ2n) is 4.39. The summed E-state index contributed by atoms with van der Waals surface area (Å²) in [6.45, 7) is 0.336. The van der Waals surface area contributed by atoms with E-state index >= 15 is 0 Å². The van der Waals surface area contributed by atoms with Crippen molar-refractivity contribution in [2.75, 3.05) is 6.54 Å². The highest BCUT2D eigenvalue weighted by Crippen LogP contribution is 2.04. The fourth-order valence-electron chi connectivity index (χ4n) is 2.00. The minimum Gasteiger partial charge on any atom is -0.351 e. The number of halogens is 1. The third-order valence-corrected chi connectivity index (χ3v) is 3.02. The monoisotopic (exact) mass is 285 g/mol. The molecule has 7 heteroatoms. The summed E-state index contributed by atoms with van der Waals surface area (Å²) in [6, 6.07) is 8.51. The molecular formula is C14H12FN5O. The molecule has 0 saturated carbocycles. The van der Waals surface area contributed by atoms with Gasteiger partial charge in [-0.15, -0.1) is 10.2 Å². The summed E-state index contributed by atoms with van der Waals surface area (Å²) in [5, 5.41) is 10.7. The van der Waals surface area contributed by atoms with E-state index < -0.39 is 11.9 Å². The van der Waals surface area contributed by atoms with Crippen molar-refractivity contribution < 1.29 is 9.18 Å². The molecule has 3 heterocycles. The van der Waals surface area contributed by atoms with Crippen LogP contribution in [-0.4, -0.2) is 32.0 Å². The van der Waals surface area contributed by atoms with Gasteiger partial charge in [0.2, 0.25) is 5.95 Å². The van der Waals surface area contributed by atoms with Gasteiger partial charge < -0.3 is 5.32 Å². The molecule has 3 rings (SSSR count). The molecule has 0 aromatic carbocycles. The van der Waals surface area contributed by atoms with E-state index in [0.717, 1.165) is 11.5 Å². The molecule has 0 aliphatic carbocycles. The average molecular weight is 285 g/mol. The van der Waals surface area contributed by atoms with Gasteiger partial charge in [-0.1, -0.05) is 6.07 Å². The molecule has 0 bridgehead atoms. The molecular weight excluding hydrogens is 273 g/mol. The van der Waals surface area contributed by atoms with Crippen molar-refractivity contribution in [2.24, 2.45) is 0 Å². The minimum atomic E-state index is -0.775. The van der Waals surface area contributed by atoms with E-state index in [4.69, 9.17) is 0 Å². The molecule has 0 unspecified atom stereocenters. The van der Waals surface area contributed by atoms with Crippen LogP contribution in [-0.2, 0) is 6.42 Å². The topological polar surface area (TPSA) is 72.2 Å². The fraction of sp³-hybridized carbons (Fsp3) is 0.143. The molecule has 106 valence electrons. The average Bonchev–Trinajstić information content (AvgIpc) is 2.91. The zero-order valence-corrected chi connectivity index (χ0v) is 11.0. The van der Waals surface area contributed by atoms with Gasteiger partial charge in [-0.05, 0) is 24.3 Å². The third kappa shape index (κ3) is 2.71. The number of carbonyl (C=O) groups is 1. The smallest absolute Gasteiger partial charge is 0.255 e. The van der Waals surface area contributed by atoms with Gasteiger partial charge in [0.05, 0.1) is 5.56 Å². The molecule has 0 fully saturated rings. The molecule has 0 atom stereocenters. The van der Waals surface area contributed by atoms with Gasteiger partial charge in [-0.25, -0.2) is 4.98 Å². The maximum Gasteiger partial charge on any atom is 0.255 e. The molecule has 3 aromatic heterocycles. The number of hydrogen-bond donors (Lipinski definition) is 1. The lowest BCUT2D eigenvalue weighted by Gasteiger charge is -2.04. The van der Waals surface area contributed by atoms with Gasteiger partial charge >= 0.3 is 0 Å². The molecule has 6 nitrogen and oxygen atoms in total. The maximum absolute atomic E-state index is 13.4. The van der Waals surface area contributed by atoms with Crippen molar-refractivity contribution in [1.29, 1.82) is 0 Å². The Kier molecular flexibility index (Phi) is 3.55. The lowest BCUT2D eigenvalue weighted by Crippen LogP contribution is -2.27. The van der Waals surface area contributed by atoms with Crippen molar-refractivity contribution in [3.8, 4) is 0 Å².